The Morgan fingerprint density at radius 3 is 2.38 bits per heavy atom. The zero-order valence-corrected chi connectivity index (χ0v) is 6.00. The smallest absolute Gasteiger partial charge is 0.205 e. The van der Waals surface area contributed by atoms with E-state index in [-0.39, 0.29) is 0 Å². The molecule has 8 heavy (non-hydrogen) atoms. The third-order valence-corrected chi connectivity index (χ3v) is 3.75. The molecular formula is C2H2ClNO2S2. The summed E-state index contributed by atoms with van der Waals surface area (Å²) in [6.07, 6.45) is 0. The van der Waals surface area contributed by atoms with Crippen molar-refractivity contribution >= 4 is 33.7 Å². The second kappa shape index (κ2) is 1.91. The summed E-state index contributed by atoms with van der Waals surface area (Å²) in [4.78, 5) is 0. The molecule has 0 spiro atoms. The van der Waals surface area contributed by atoms with Crippen LogP contribution < -0.4 is 0 Å². The van der Waals surface area contributed by atoms with E-state index in [1.54, 1.807) is 0 Å². The van der Waals surface area contributed by atoms with Gasteiger partial charge in [-0.3, -0.25) is 0 Å². The van der Waals surface area contributed by atoms with Crippen molar-refractivity contribution in [3.63, 3.8) is 0 Å². The van der Waals surface area contributed by atoms with Gasteiger partial charge in [0.25, 0.3) is 10.0 Å². The van der Waals surface area contributed by atoms with Crippen molar-refractivity contribution < 1.29 is 8.42 Å². The van der Waals surface area contributed by atoms with Crippen LogP contribution in [-0.4, -0.2) is 11.6 Å². The number of hydrogen-bond donors (Lipinski definition) is 0. The lowest BCUT2D eigenvalue weighted by Crippen LogP contribution is -2.05. The van der Waals surface area contributed by atoms with Gasteiger partial charge in [0.15, 0.2) is 0 Å². The lowest BCUT2D eigenvalue weighted by atomic mass is 11.3. The lowest BCUT2D eigenvalue weighted by molar-refractivity contribution is 0.592. The maximum Gasteiger partial charge on any atom is 0.260 e. The summed E-state index contributed by atoms with van der Waals surface area (Å²) < 4.78 is 21.6. The van der Waals surface area contributed by atoms with Gasteiger partial charge in [0.05, 0.1) is 5.41 Å². The molecule has 1 rings (SSSR count). The highest BCUT2D eigenvalue weighted by Gasteiger charge is 2.21. The second-order valence-corrected chi connectivity index (χ2v) is 4.59. The Morgan fingerprint density at radius 1 is 1.62 bits per heavy atom. The Kier molecular flexibility index (Phi) is 1.53. The molecule has 0 aliphatic carbocycles. The fourth-order valence-corrected chi connectivity index (χ4v) is 2.26. The van der Waals surface area contributed by atoms with Gasteiger partial charge in [0, 0.05) is 17.2 Å². The molecular weight excluding hydrogens is 170 g/mol. The van der Waals surface area contributed by atoms with E-state index in [4.69, 9.17) is 11.8 Å². The van der Waals surface area contributed by atoms with Gasteiger partial charge in [0.2, 0.25) is 0 Å². The van der Waals surface area contributed by atoms with Crippen LogP contribution in [0.5, 0.6) is 0 Å². The Bertz CT molecular complexity index is 208. The van der Waals surface area contributed by atoms with Crippen LogP contribution in [0.3, 0.4) is 0 Å². The van der Waals surface area contributed by atoms with Crippen molar-refractivity contribution in [2.24, 2.45) is 0 Å². The largest absolute Gasteiger partial charge is 0.260 e. The maximum atomic E-state index is 10.4. The second-order valence-electron chi connectivity index (χ2n) is 1.11. The minimum absolute atomic E-state index is 0.674. The SMILES string of the molecule is O=S1(=O)C=CSN1Cl. The molecule has 0 aromatic heterocycles. The van der Waals surface area contributed by atoms with Gasteiger partial charge in [-0.25, -0.2) is 8.42 Å². The summed E-state index contributed by atoms with van der Waals surface area (Å²) in [6.45, 7) is 0. The molecule has 0 amide bonds. The minimum Gasteiger partial charge on any atom is -0.205 e. The molecule has 1 aliphatic heterocycles. The molecule has 0 aromatic rings. The first-order valence-electron chi connectivity index (χ1n) is 1.67. The van der Waals surface area contributed by atoms with Crippen LogP contribution in [-0.2, 0) is 10.0 Å². The minimum atomic E-state index is -3.24. The Labute approximate surface area is 56.6 Å². The molecule has 0 N–H and O–H groups in total. The molecule has 1 heterocycles. The average Bonchev–Trinajstić information content (AvgIpc) is 1.86. The van der Waals surface area contributed by atoms with E-state index in [0.29, 0.717) is 3.23 Å². The Morgan fingerprint density at radius 2 is 2.25 bits per heavy atom. The van der Waals surface area contributed by atoms with Crippen LogP contribution in [0, 0.1) is 0 Å². The first kappa shape index (κ1) is 6.41. The quantitative estimate of drug-likeness (QED) is 0.402. The van der Waals surface area contributed by atoms with E-state index in [9.17, 15) is 8.42 Å². The fraction of sp³-hybridized carbons (Fsp3) is 0. The number of nitrogens with zero attached hydrogens (tertiary/aromatic N) is 1. The van der Waals surface area contributed by atoms with E-state index < -0.39 is 10.0 Å². The molecule has 0 saturated heterocycles. The summed E-state index contributed by atoms with van der Waals surface area (Å²) in [7, 11) is -3.24. The lowest BCUT2D eigenvalue weighted by Gasteiger charge is -1.97. The van der Waals surface area contributed by atoms with Crippen molar-refractivity contribution in [1.82, 2.24) is 3.23 Å². The molecule has 3 nitrogen and oxygen atoms in total. The normalized spacial score (nSPS) is 26.6. The highest BCUT2D eigenvalue weighted by molar-refractivity contribution is 8.15. The summed E-state index contributed by atoms with van der Waals surface area (Å²) >= 11 is 6.08. The summed E-state index contributed by atoms with van der Waals surface area (Å²) in [5, 5.41) is 2.45. The van der Waals surface area contributed by atoms with Crippen molar-refractivity contribution in [3.05, 3.63) is 10.8 Å². The summed E-state index contributed by atoms with van der Waals surface area (Å²) in [5.41, 5.74) is 0. The van der Waals surface area contributed by atoms with E-state index in [1.165, 1.54) is 5.41 Å². The number of sulfonamides is 1. The molecule has 1 aliphatic rings. The molecule has 46 valence electrons. The van der Waals surface area contributed by atoms with E-state index in [1.807, 2.05) is 0 Å². The third-order valence-electron chi connectivity index (χ3n) is 0.571. The molecule has 6 heteroatoms. The molecule has 0 aromatic carbocycles. The molecule has 0 bridgehead atoms. The molecule has 0 radical (unpaired) electrons. The van der Waals surface area contributed by atoms with Crippen LogP contribution in [0.4, 0.5) is 0 Å². The fourth-order valence-electron chi connectivity index (χ4n) is 0.251. The monoisotopic (exact) mass is 171 g/mol. The number of hydrogen-bond acceptors (Lipinski definition) is 3. The van der Waals surface area contributed by atoms with Crippen molar-refractivity contribution in [2.75, 3.05) is 0 Å². The first-order chi connectivity index (χ1) is 3.63. The van der Waals surface area contributed by atoms with Crippen LogP contribution in [0.2, 0.25) is 0 Å². The van der Waals surface area contributed by atoms with E-state index >= 15 is 0 Å². The Hall–Kier alpha value is 0.290. The van der Waals surface area contributed by atoms with Crippen LogP contribution in [0.15, 0.2) is 10.8 Å². The highest BCUT2D eigenvalue weighted by atomic mass is 35.5. The number of halogens is 1. The van der Waals surface area contributed by atoms with Gasteiger partial charge < -0.3 is 0 Å². The molecule has 0 unspecified atom stereocenters. The van der Waals surface area contributed by atoms with Crippen molar-refractivity contribution in [1.29, 1.82) is 0 Å². The van der Waals surface area contributed by atoms with Crippen LogP contribution >= 0.6 is 23.7 Å². The standard InChI is InChI=1S/C2H2ClNO2S2/c3-4-7-1-2-8(4,5)6/h1-2H. The topological polar surface area (TPSA) is 37.4 Å². The van der Waals surface area contributed by atoms with Gasteiger partial charge in [-0.15, -0.1) is 0 Å². The molecule has 0 saturated carbocycles. The van der Waals surface area contributed by atoms with Gasteiger partial charge >= 0.3 is 0 Å². The van der Waals surface area contributed by atoms with Gasteiger partial charge in [-0.1, -0.05) is 0 Å². The summed E-state index contributed by atoms with van der Waals surface area (Å²) in [6, 6.07) is 0. The van der Waals surface area contributed by atoms with Crippen molar-refractivity contribution in [3.8, 4) is 0 Å². The zero-order valence-electron chi connectivity index (χ0n) is 3.61. The predicted molar refractivity (Wildman–Crippen MR) is 33.3 cm³/mol. The van der Waals surface area contributed by atoms with Crippen LogP contribution in [0.1, 0.15) is 0 Å². The van der Waals surface area contributed by atoms with E-state index in [2.05, 4.69) is 0 Å². The Balaban J connectivity index is 3.01. The van der Waals surface area contributed by atoms with Crippen molar-refractivity contribution in [2.45, 2.75) is 0 Å². The average molecular weight is 172 g/mol. The van der Waals surface area contributed by atoms with Gasteiger partial charge in [-0.05, 0) is 15.2 Å². The molecule has 0 atom stereocenters. The first-order valence-corrected chi connectivity index (χ1v) is 4.35. The third kappa shape index (κ3) is 0.997. The van der Waals surface area contributed by atoms with Crippen LogP contribution in [0.25, 0.3) is 0 Å². The van der Waals surface area contributed by atoms with Gasteiger partial charge in [0.1, 0.15) is 0 Å². The van der Waals surface area contributed by atoms with Gasteiger partial charge in [-0.2, -0.15) is 0 Å². The highest BCUT2D eigenvalue weighted by Crippen LogP contribution is 2.27. The predicted octanol–water partition coefficient (Wildman–Crippen LogP) is 0.905. The molecule has 0 fully saturated rings. The maximum absolute atomic E-state index is 10.4. The summed E-state index contributed by atoms with van der Waals surface area (Å²) in [5.74, 6) is 0. The zero-order chi connectivity index (χ0) is 6.20. The number of rotatable bonds is 0. The van der Waals surface area contributed by atoms with E-state index in [0.717, 1.165) is 17.4 Å².